The molecular formula is C21H25ClN2OS. The summed E-state index contributed by atoms with van der Waals surface area (Å²) in [6.45, 7) is 8.93. The van der Waals surface area contributed by atoms with Crippen LogP contribution in [0.2, 0.25) is 5.02 Å². The van der Waals surface area contributed by atoms with E-state index < -0.39 is 0 Å². The predicted octanol–water partition coefficient (Wildman–Crippen LogP) is 5.85. The van der Waals surface area contributed by atoms with E-state index in [0.29, 0.717) is 10.8 Å². The fourth-order valence-electron chi connectivity index (χ4n) is 2.50. The van der Waals surface area contributed by atoms with Crippen molar-refractivity contribution in [2.45, 2.75) is 32.6 Å². The van der Waals surface area contributed by atoms with Crippen molar-refractivity contribution in [2.75, 3.05) is 19.3 Å². The van der Waals surface area contributed by atoms with Gasteiger partial charge in [0, 0.05) is 24.1 Å². The van der Waals surface area contributed by atoms with Crippen LogP contribution in [0, 0.1) is 20.8 Å². The second kappa shape index (κ2) is 9.24. The molecule has 0 N–H and O–H groups in total. The van der Waals surface area contributed by atoms with E-state index >= 15 is 0 Å². The molecule has 5 heteroatoms. The molecule has 26 heavy (non-hydrogen) atoms. The number of aryl methyl sites for hydroxylation is 3. The summed E-state index contributed by atoms with van der Waals surface area (Å²) in [5.41, 5.74) is 4.69. The lowest BCUT2D eigenvalue weighted by Gasteiger charge is -2.12. The monoisotopic (exact) mass is 388 g/mol. The van der Waals surface area contributed by atoms with E-state index in [1.54, 1.807) is 0 Å². The number of nitrogens with zero attached hydrogens (tertiary/aromatic N) is 2. The molecule has 0 saturated heterocycles. The van der Waals surface area contributed by atoms with Crippen molar-refractivity contribution in [3.63, 3.8) is 0 Å². The number of aliphatic imine (C=N–C) groups is 1. The molecule has 0 fully saturated rings. The Kier molecular flexibility index (Phi) is 7.30. The Hall–Kier alpha value is -1.78. The first-order valence-electron chi connectivity index (χ1n) is 8.60. The molecule has 0 saturated carbocycles. The smallest absolute Gasteiger partial charge is 0.173 e. The molecule has 0 aliphatic carbocycles. The molecule has 0 aromatic heterocycles. The van der Waals surface area contributed by atoms with Crippen molar-refractivity contribution < 1.29 is 4.79 Å². The minimum Gasteiger partial charge on any atom is -0.366 e. The Labute approximate surface area is 165 Å². The van der Waals surface area contributed by atoms with Crippen LogP contribution in [0.3, 0.4) is 0 Å². The van der Waals surface area contributed by atoms with Gasteiger partial charge in [0.25, 0.3) is 0 Å². The van der Waals surface area contributed by atoms with Crippen molar-refractivity contribution in [3.05, 3.63) is 57.6 Å². The molecule has 3 nitrogen and oxygen atoms in total. The third kappa shape index (κ3) is 5.12. The third-order valence-corrected chi connectivity index (χ3v) is 5.91. The van der Waals surface area contributed by atoms with Gasteiger partial charge in [0.15, 0.2) is 5.78 Å². The van der Waals surface area contributed by atoms with Crippen LogP contribution in [-0.4, -0.2) is 36.4 Å². The Morgan fingerprint density at radius 2 is 1.92 bits per heavy atom. The Morgan fingerprint density at radius 1 is 1.19 bits per heavy atom. The fraction of sp³-hybridized carbons (Fsp3) is 0.333. The topological polar surface area (TPSA) is 32.7 Å². The van der Waals surface area contributed by atoms with Gasteiger partial charge < -0.3 is 4.90 Å². The van der Waals surface area contributed by atoms with Crippen LogP contribution in [0.15, 0.2) is 40.2 Å². The summed E-state index contributed by atoms with van der Waals surface area (Å²) in [7, 11) is 1.98. The number of hydrogen-bond acceptors (Lipinski definition) is 3. The number of thioether (sulfide) groups is 1. The van der Waals surface area contributed by atoms with Crippen LogP contribution in [0.4, 0.5) is 5.69 Å². The minimum absolute atomic E-state index is 0.108. The van der Waals surface area contributed by atoms with Crippen LogP contribution < -0.4 is 0 Å². The van der Waals surface area contributed by atoms with Crippen LogP contribution >= 0.6 is 23.4 Å². The maximum Gasteiger partial charge on any atom is 0.173 e. The molecule has 0 atom stereocenters. The molecule has 0 bridgehead atoms. The second-order valence-corrected chi connectivity index (χ2v) is 7.76. The lowest BCUT2D eigenvalue weighted by atomic mass is 10.0. The molecule has 0 heterocycles. The fourth-order valence-corrected chi connectivity index (χ4v) is 3.82. The van der Waals surface area contributed by atoms with Crippen LogP contribution in [0.1, 0.15) is 34.0 Å². The molecule has 2 aromatic carbocycles. The van der Waals surface area contributed by atoms with Gasteiger partial charge in [0.05, 0.1) is 22.8 Å². The predicted molar refractivity (Wildman–Crippen MR) is 114 cm³/mol. The van der Waals surface area contributed by atoms with Gasteiger partial charge in [0.2, 0.25) is 0 Å². The molecule has 0 radical (unpaired) electrons. The highest BCUT2D eigenvalue weighted by Crippen LogP contribution is 2.31. The summed E-state index contributed by atoms with van der Waals surface area (Å²) in [6, 6.07) is 9.71. The maximum absolute atomic E-state index is 12.7. The summed E-state index contributed by atoms with van der Waals surface area (Å²) in [5, 5.41) is 0.695. The highest BCUT2D eigenvalue weighted by Gasteiger charge is 2.14. The van der Waals surface area contributed by atoms with Gasteiger partial charge in [-0.25, -0.2) is 4.99 Å². The highest BCUT2D eigenvalue weighted by atomic mass is 35.5. The van der Waals surface area contributed by atoms with Gasteiger partial charge in [-0.15, -0.1) is 11.8 Å². The SMILES string of the molecule is CCN(C)C=Nc1cc(C)c(C(=O)CSc2c(C)cccc2Cl)cc1C. The van der Waals surface area contributed by atoms with E-state index in [4.69, 9.17) is 11.6 Å². The van der Waals surface area contributed by atoms with Gasteiger partial charge in [-0.2, -0.15) is 0 Å². The van der Waals surface area contributed by atoms with Crippen molar-refractivity contribution in [3.8, 4) is 0 Å². The average Bonchev–Trinajstić information content (AvgIpc) is 2.61. The largest absolute Gasteiger partial charge is 0.366 e. The van der Waals surface area contributed by atoms with Crippen molar-refractivity contribution in [2.24, 2.45) is 4.99 Å². The summed E-state index contributed by atoms with van der Waals surface area (Å²) in [4.78, 5) is 20.2. The Bertz CT molecular complexity index is 813. The molecule has 138 valence electrons. The lowest BCUT2D eigenvalue weighted by molar-refractivity contribution is 0.102. The van der Waals surface area contributed by atoms with E-state index in [1.807, 2.05) is 69.4 Å². The van der Waals surface area contributed by atoms with Crippen LogP contribution in [0.5, 0.6) is 0 Å². The molecule has 2 aromatic rings. The van der Waals surface area contributed by atoms with E-state index in [2.05, 4.69) is 11.9 Å². The number of rotatable bonds is 7. The average molecular weight is 389 g/mol. The van der Waals surface area contributed by atoms with E-state index in [-0.39, 0.29) is 5.78 Å². The van der Waals surface area contributed by atoms with E-state index in [9.17, 15) is 4.79 Å². The number of Topliss-reactive ketones (excluding diaryl/α,β-unsaturated/α-hetero) is 1. The first kappa shape index (κ1) is 20.5. The van der Waals surface area contributed by atoms with Crippen LogP contribution in [0.25, 0.3) is 0 Å². The zero-order valence-electron chi connectivity index (χ0n) is 16.0. The van der Waals surface area contributed by atoms with Crippen LogP contribution in [-0.2, 0) is 0 Å². The van der Waals surface area contributed by atoms with E-state index in [1.165, 1.54) is 11.8 Å². The number of carbonyl (C=O) groups excluding carboxylic acids is 1. The number of carbonyl (C=O) groups is 1. The molecular weight excluding hydrogens is 364 g/mol. The molecule has 0 aliphatic heterocycles. The van der Waals surface area contributed by atoms with Gasteiger partial charge >= 0.3 is 0 Å². The van der Waals surface area contributed by atoms with Gasteiger partial charge in [0.1, 0.15) is 0 Å². The summed E-state index contributed by atoms with van der Waals surface area (Å²) < 4.78 is 0. The first-order chi connectivity index (χ1) is 12.3. The second-order valence-electron chi connectivity index (χ2n) is 6.37. The summed E-state index contributed by atoms with van der Waals surface area (Å²) in [6.07, 6.45) is 1.82. The number of hydrogen-bond donors (Lipinski definition) is 0. The Balaban J connectivity index is 2.17. The van der Waals surface area contributed by atoms with Gasteiger partial charge in [-0.3, -0.25) is 4.79 Å². The normalized spacial score (nSPS) is 11.2. The minimum atomic E-state index is 0.108. The lowest BCUT2D eigenvalue weighted by Crippen LogP contribution is -2.14. The molecule has 0 aliphatic rings. The molecule has 2 rings (SSSR count). The summed E-state index contributed by atoms with van der Waals surface area (Å²) >= 11 is 7.75. The molecule has 0 unspecified atom stereocenters. The highest BCUT2D eigenvalue weighted by molar-refractivity contribution is 8.00. The standard InChI is InChI=1S/C21H25ClN2OS/c1-6-24(5)13-23-19-11-15(3)17(10-16(19)4)20(25)12-26-21-14(2)8-7-9-18(21)22/h7-11,13H,6,12H2,1-5H3. The summed E-state index contributed by atoms with van der Waals surface area (Å²) in [5.74, 6) is 0.475. The zero-order valence-corrected chi connectivity index (χ0v) is 17.5. The number of halogens is 1. The van der Waals surface area contributed by atoms with Crippen molar-refractivity contribution >= 4 is 41.2 Å². The van der Waals surface area contributed by atoms with Gasteiger partial charge in [-0.05, 0) is 62.6 Å². The Morgan fingerprint density at radius 3 is 2.58 bits per heavy atom. The quantitative estimate of drug-likeness (QED) is 0.258. The number of ketones is 1. The maximum atomic E-state index is 12.7. The zero-order chi connectivity index (χ0) is 19.3. The number of benzene rings is 2. The van der Waals surface area contributed by atoms with Gasteiger partial charge in [-0.1, -0.05) is 23.7 Å². The third-order valence-electron chi connectivity index (χ3n) is 4.25. The van der Waals surface area contributed by atoms with E-state index in [0.717, 1.165) is 39.4 Å². The van der Waals surface area contributed by atoms with Crippen molar-refractivity contribution in [1.82, 2.24) is 4.90 Å². The molecule has 0 spiro atoms. The van der Waals surface area contributed by atoms with Crippen molar-refractivity contribution in [1.29, 1.82) is 0 Å². The molecule has 0 amide bonds. The first-order valence-corrected chi connectivity index (χ1v) is 9.96.